The fourth-order valence-corrected chi connectivity index (χ4v) is 2.32. The fourth-order valence-electron chi connectivity index (χ4n) is 2.09. The molecule has 2 aromatic carbocycles. The van der Waals surface area contributed by atoms with Crippen molar-refractivity contribution in [1.82, 2.24) is 5.32 Å². The number of benzene rings is 2. The molecule has 1 amide bonds. The summed E-state index contributed by atoms with van der Waals surface area (Å²) in [6.45, 7) is 0.311. The standard InChI is InChI=1S/C17H17ClFNO2/c1-22-16-4-2-3-15(18)14(16)11-20-17(21)10-7-12-5-8-13(19)9-6-12/h2-6,8-9H,7,10-11H2,1H3,(H,20,21). The van der Waals surface area contributed by atoms with Crippen LogP contribution in [-0.4, -0.2) is 13.0 Å². The lowest BCUT2D eigenvalue weighted by atomic mass is 10.1. The molecule has 0 spiro atoms. The number of amides is 1. The highest BCUT2D eigenvalue weighted by atomic mass is 35.5. The molecule has 0 bridgehead atoms. The summed E-state index contributed by atoms with van der Waals surface area (Å²) in [6, 6.07) is 11.5. The molecule has 2 rings (SSSR count). The van der Waals surface area contributed by atoms with Gasteiger partial charge in [-0.05, 0) is 36.2 Å². The van der Waals surface area contributed by atoms with Crippen LogP contribution in [0, 0.1) is 5.82 Å². The third-order valence-electron chi connectivity index (χ3n) is 3.31. The summed E-state index contributed by atoms with van der Waals surface area (Å²) < 4.78 is 18.0. The summed E-state index contributed by atoms with van der Waals surface area (Å²) >= 11 is 6.11. The van der Waals surface area contributed by atoms with E-state index in [0.717, 1.165) is 11.1 Å². The normalized spacial score (nSPS) is 10.3. The van der Waals surface area contributed by atoms with E-state index in [1.807, 2.05) is 0 Å². The van der Waals surface area contributed by atoms with Gasteiger partial charge < -0.3 is 10.1 Å². The van der Waals surface area contributed by atoms with Crippen LogP contribution in [0.4, 0.5) is 4.39 Å². The molecular weight excluding hydrogens is 305 g/mol. The molecule has 0 heterocycles. The van der Waals surface area contributed by atoms with Crippen LogP contribution in [0.5, 0.6) is 5.75 Å². The quantitative estimate of drug-likeness (QED) is 0.880. The number of methoxy groups -OCH3 is 1. The first-order valence-corrected chi connectivity index (χ1v) is 7.30. The maximum absolute atomic E-state index is 12.8. The van der Waals surface area contributed by atoms with Gasteiger partial charge in [0.15, 0.2) is 0 Å². The van der Waals surface area contributed by atoms with E-state index in [-0.39, 0.29) is 11.7 Å². The van der Waals surface area contributed by atoms with Crippen LogP contribution in [0.15, 0.2) is 42.5 Å². The van der Waals surface area contributed by atoms with Gasteiger partial charge in [0.05, 0.1) is 7.11 Å². The number of halogens is 2. The van der Waals surface area contributed by atoms with Crippen molar-refractivity contribution in [2.75, 3.05) is 7.11 Å². The number of hydrogen-bond acceptors (Lipinski definition) is 2. The Morgan fingerprint density at radius 1 is 1.23 bits per heavy atom. The number of carbonyl (C=O) groups excluding carboxylic acids is 1. The van der Waals surface area contributed by atoms with Gasteiger partial charge in [-0.25, -0.2) is 4.39 Å². The first-order chi connectivity index (χ1) is 10.6. The molecule has 3 nitrogen and oxygen atoms in total. The highest BCUT2D eigenvalue weighted by Gasteiger charge is 2.09. The average Bonchev–Trinajstić information content (AvgIpc) is 2.53. The predicted octanol–water partition coefficient (Wildman–Crippen LogP) is 3.74. The van der Waals surface area contributed by atoms with E-state index in [9.17, 15) is 9.18 Å². The van der Waals surface area contributed by atoms with Crippen molar-refractivity contribution in [1.29, 1.82) is 0 Å². The minimum atomic E-state index is -0.279. The summed E-state index contributed by atoms with van der Waals surface area (Å²) in [4.78, 5) is 11.9. The summed E-state index contributed by atoms with van der Waals surface area (Å²) in [5.74, 6) is 0.275. The van der Waals surface area contributed by atoms with Gasteiger partial charge in [-0.15, -0.1) is 0 Å². The highest BCUT2D eigenvalue weighted by molar-refractivity contribution is 6.31. The molecular formula is C17H17ClFNO2. The van der Waals surface area contributed by atoms with Crippen molar-refractivity contribution in [2.45, 2.75) is 19.4 Å². The van der Waals surface area contributed by atoms with E-state index in [1.165, 1.54) is 12.1 Å². The van der Waals surface area contributed by atoms with Gasteiger partial charge >= 0.3 is 0 Å². The van der Waals surface area contributed by atoms with E-state index in [1.54, 1.807) is 37.4 Å². The molecule has 0 aromatic heterocycles. The Morgan fingerprint density at radius 3 is 2.64 bits per heavy atom. The lowest BCUT2D eigenvalue weighted by molar-refractivity contribution is -0.121. The number of ether oxygens (including phenoxy) is 1. The number of hydrogen-bond donors (Lipinski definition) is 1. The Morgan fingerprint density at radius 2 is 1.95 bits per heavy atom. The molecule has 22 heavy (non-hydrogen) atoms. The van der Waals surface area contributed by atoms with Crippen LogP contribution in [0.25, 0.3) is 0 Å². The lowest BCUT2D eigenvalue weighted by Gasteiger charge is -2.11. The molecule has 0 aliphatic carbocycles. The number of nitrogens with one attached hydrogen (secondary N) is 1. The largest absolute Gasteiger partial charge is 0.496 e. The van der Waals surface area contributed by atoms with E-state index in [4.69, 9.17) is 16.3 Å². The Kier molecular flexibility index (Phi) is 5.78. The van der Waals surface area contributed by atoms with Crippen molar-refractivity contribution in [3.63, 3.8) is 0 Å². The minimum Gasteiger partial charge on any atom is -0.496 e. The summed E-state index contributed by atoms with van der Waals surface area (Å²) in [6.07, 6.45) is 0.893. The predicted molar refractivity (Wildman–Crippen MR) is 84.6 cm³/mol. The van der Waals surface area contributed by atoms with Gasteiger partial charge in [0.2, 0.25) is 5.91 Å². The summed E-state index contributed by atoms with van der Waals surface area (Å²) in [5, 5.41) is 3.37. The van der Waals surface area contributed by atoms with E-state index in [2.05, 4.69) is 5.32 Å². The molecule has 0 aliphatic rings. The van der Waals surface area contributed by atoms with Crippen molar-refractivity contribution >= 4 is 17.5 Å². The van der Waals surface area contributed by atoms with Gasteiger partial charge in [-0.3, -0.25) is 4.79 Å². The Balaban J connectivity index is 1.87. The molecule has 0 aliphatic heterocycles. The molecule has 0 unspecified atom stereocenters. The lowest BCUT2D eigenvalue weighted by Crippen LogP contribution is -2.23. The van der Waals surface area contributed by atoms with Gasteiger partial charge in [-0.1, -0.05) is 29.8 Å². The molecule has 116 valence electrons. The van der Waals surface area contributed by atoms with Crippen molar-refractivity contribution in [3.8, 4) is 5.75 Å². The second-order valence-corrected chi connectivity index (χ2v) is 5.23. The molecule has 5 heteroatoms. The van der Waals surface area contributed by atoms with Gasteiger partial charge in [0, 0.05) is 23.6 Å². The van der Waals surface area contributed by atoms with Gasteiger partial charge in [0.25, 0.3) is 0 Å². The second kappa shape index (κ2) is 7.80. The summed E-state index contributed by atoms with van der Waals surface area (Å²) in [5.41, 5.74) is 1.67. The minimum absolute atomic E-state index is 0.0914. The van der Waals surface area contributed by atoms with Crippen LogP contribution in [-0.2, 0) is 17.8 Å². The summed E-state index contributed by atoms with van der Waals surface area (Å²) in [7, 11) is 1.56. The van der Waals surface area contributed by atoms with Crippen LogP contribution in [0.3, 0.4) is 0 Å². The third kappa shape index (κ3) is 4.46. The topological polar surface area (TPSA) is 38.3 Å². The van der Waals surface area contributed by atoms with E-state index in [0.29, 0.717) is 30.2 Å². The van der Waals surface area contributed by atoms with Crippen LogP contribution < -0.4 is 10.1 Å². The first kappa shape index (κ1) is 16.3. The van der Waals surface area contributed by atoms with Crippen molar-refractivity contribution < 1.29 is 13.9 Å². The molecule has 0 saturated heterocycles. The molecule has 0 fully saturated rings. The molecule has 0 saturated carbocycles. The zero-order valence-electron chi connectivity index (χ0n) is 12.2. The zero-order valence-corrected chi connectivity index (χ0v) is 13.0. The Bertz CT molecular complexity index is 644. The van der Waals surface area contributed by atoms with Gasteiger partial charge in [0.1, 0.15) is 11.6 Å². The van der Waals surface area contributed by atoms with Crippen molar-refractivity contribution in [3.05, 3.63) is 64.4 Å². The van der Waals surface area contributed by atoms with Gasteiger partial charge in [-0.2, -0.15) is 0 Å². The monoisotopic (exact) mass is 321 g/mol. The average molecular weight is 322 g/mol. The number of aryl methyl sites for hydroxylation is 1. The van der Waals surface area contributed by atoms with E-state index >= 15 is 0 Å². The molecule has 0 atom stereocenters. The molecule has 0 radical (unpaired) electrons. The second-order valence-electron chi connectivity index (χ2n) is 4.82. The zero-order chi connectivity index (χ0) is 15.9. The maximum Gasteiger partial charge on any atom is 0.220 e. The Hall–Kier alpha value is -2.07. The molecule has 1 N–H and O–H groups in total. The fraction of sp³-hybridized carbons (Fsp3) is 0.235. The smallest absolute Gasteiger partial charge is 0.220 e. The van der Waals surface area contributed by atoms with Crippen LogP contribution in [0.2, 0.25) is 5.02 Å². The number of carbonyl (C=O) groups is 1. The third-order valence-corrected chi connectivity index (χ3v) is 3.67. The van der Waals surface area contributed by atoms with Crippen LogP contribution >= 0.6 is 11.6 Å². The van der Waals surface area contributed by atoms with Crippen molar-refractivity contribution in [2.24, 2.45) is 0 Å². The van der Waals surface area contributed by atoms with Crippen LogP contribution in [0.1, 0.15) is 17.5 Å². The molecule has 2 aromatic rings. The highest BCUT2D eigenvalue weighted by Crippen LogP contribution is 2.25. The Labute approximate surface area is 134 Å². The first-order valence-electron chi connectivity index (χ1n) is 6.92. The number of rotatable bonds is 6. The SMILES string of the molecule is COc1cccc(Cl)c1CNC(=O)CCc1ccc(F)cc1. The maximum atomic E-state index is 12.8. The van der Waals surface area contributed by atoms with E-state index < -0.39 is 0 Å².